The molecule has 1 aliphatic carbocycles. The van der Waals surface area contributed by atoms with Crippen LogP contribution in [0.2, 0.25) is 0 Å². The van der Waals surface area contributed by atoms with E-state index in [1.165, 1.54) is 145 Å². The van der Waals surface area contributed by atoms with Crippen LogP contribution in [0, 0.1) is 13.8 Å². The summed E-state index contributed by atoms with van der Waals surface area (Å²) in [6.07, 6.45) is 12.5. The van der Waals surface area contributed by atoms with Crippen molar-refractivity contribution in [2.24, 2.45) is 0 Å². The Hall–Kier alpha value is -5.10. The average Bonchev–Trinajstić information content (AvgIpc) is 4.48. The van der Waals surface area contributed by atoms with Crippen molar-refractivity contribution in [2.75, 3.05) is 39.6 Å². The van der Waals surface area contributed by atoms with Crippen LogP contribution in [0.25, 0.3) is 60.6 Å². The van der Waals surface area contributed by atoms with Gasteiger partial charge in [0.15, 0.2) is 0 Å². The quantitative estimate of drug-likeness (QED) is 0.0481. The van der Waals surface area contributed by atoms with Crippen LogP contribution in [0.4, 0.5) is 0 Å². The van der Waals surface area contributed by atoms with E-state index in [-0.39, 0.29) is 0 Å². The monoisotopic (exact) mass is 1100 g/mol. The highest BCUT2D eigenvalue weighted by molar-refractivity contribution is 7.30. The lowest BCUT2D eigenvalue weighted by Crippen LogP contribution is -2.28. The van der Waals surface area contributed by atoms with Gasteiger partial charge in [-0.15, -0.1) is 56.7 Å². The van der Waals surface area contributed by atoms with Gasteiger partial charge in [-0.25, -0.2) is 0 Å². The van der Waals surface area contributed by atoms with E-state index in [1.54, 1.807) is 11.1 Å². The van der Waals surface area contributed by atoms with E-state index in [9.17, 15) is 0 Å². The molecule has 0 spiro atoms. The Kier molecular flexibility index (Phi) is 18.3. The van der Waals surface area contributed by atoms with Crippen LogP contribution in [0.15, 0.2) is 133 Å². The van der Waals surface area contributed by atoms with E-state index >= 15 is 0 Å². The zero-order chi connectivity index (χ0) is 52.4. The lowest BCUT2D eigenvalue weighted by atomic mass is 9.67. The third-order valence-corrected chi connectivity index (χ3v) is 21.1. The minimum Gasteiger partial charge on any atom is -0.491 e. The first-order valence-electron chi connectivity index (χ1n) is 27.7. The summed E-state index contributed by atoms with van der Waals surface area (Å²) in [6, 6.07) is 50.6. The van der Waals surface area contributed by atoms with Crippen LogP contribution >= 0.6 is 56.7 Å². The largest absolute Gasteiger partial charge is 0.491 e. The molecule has 394 valence electrons. The molecule has 0 bridgehead atoms. The molecule has 1 aliphatic rings. The third kappa shape index (κ3) is 11.7. The van der Waals surface area contributed by atoms with Gasteiger partial charge < -0.3 is 18.9 Å². The van der Waals surface area contributed by atoms with Crippen molar-refractivity contribution in [3.8, 4) is 72.1 Å². The molecule has 0 amide bonds. The van der Waals surface area contributed by atoms with Gasteiger partial charge in [0.2, 0.25) is 0 Å². The normalized spacial score (nSPS) is 12.6. The van der Waals surface area contributed by atoms with E-state index in [2.05, 4.69) is 172 Å². The lowest BCUT2D eigenvalue weighted by molar-refractivity contribution is 0.110. The van der Waals surface area contributed by atoms with E-state index in [1.807, 2.05) is 59.2 Å². The van der Waals surface area contributed by atoms with Crippen LogP contribution in [0.1, 0.15) is 123 Å². The molecule has 5 heterocycles. The summed E-state index contributed by atoms with van der Waals surface area (Å²) in [7, 11) is 0. The minimum atomic E-state index is -0.598. The number of ether oxygens (including phenoxy) is 4. The minimum absolute atomic E-state index is 0.509. The molecule has 5 aromatic heterocycles. The molecule has 0 radical (unpaired) electrons. The highest BCUT2D eigenvalue weighted by Gasteiger charge is 2.46. The number of hydrogen-bond donors (Lipinski definition) is 0. The first-order valence-corrected chi connectivity index (χ1v) is 31.8. The van der Waals surface area contributed by atoms with Crippen molar-refractivity contribution in [3.63, 3.8) is 0 Å². The summed E-state index contributed by atoms with van der Waals surface area (Å²) >= 11 is 9.83. The number of aryl methyl sites for hydroxylation is 2. The second kappa shape index (κ2) is 25.6. The summed E-state index contributed by atoms with van der Waals surface area (Å²) in [5.41, 5.74) is 12.6. The number of hydrogen-bond acceptors (Lipinski definition) is 9. The standard InChI is InChI=1S/C67H72O4S5/c1-7-11-13-15-17-54-55(18-16-14-12-8-2)66(76-65(54)63-37-35-60(74-63)59-32-20-46(6)72-59)64-38-36-62(75-64)61-34-33-58(73-61)47-21-31-53-52-30-19-45(5)43-56(52)67(57(53)44-47,48-22-26-50(27-23-48)70-41-39-68-9-3)49-24-28-51(29-25-49)71-42-40-69-10-4/h19-38,43-44H,7-18,39-42H2,1-6H3. The molecule has 9 aromatic rings. The van der Waals surface area contributed by atoms with Crippen molar-refractivity contribution >= 4 is 56.7 Å². The van der Waals surface area contributed by atoms with Crippen molar-refractivity contribution in [1.82, 2.24) is 0 Å². The number of fused-ring (bicyclic) bond motifs is 3. The van der Waals surface area contributed by atoms with Gasteiger partial charge >= 0.3 is 0 Å². The number of rotatable bonds is 27. The van der Waals surface area contributed by atoms with Crippen molar-refractivity contribution in [1.29, 1.82) is 0 Å². The van der Waals surface area contributed by atoms with E-state index in [0.717, 1.165) is 24.3 Å². The molecular weight excluding hydrogens is 1030 g/mol. The fourth-order valence-corrected chi connectivity index (χ4v) is 16.7. The first kappa shape index (κ1) is 54.3. The fourth-order valence-electron chi connectivity index (χ4n) is 11.0. The first-order chi connectivity index (χ1) is 37.3. The summed E-state index contributed by atoms with van der Waals surface area (Å²) in [4.78, 5) is 13.9. The maximum absolute atomic E-state index is 6.18. The topological polar surface area (TPSA) is 36.9 Å². The van der Waals surface area contributed by atoms with Crippen LogP contribution in [-0.2, 0) is 27.7 Å². The Balaban J connectivity index is 1.02. The Morgan fingerprint density at radius 2 is 0.855 bits per heavy atom. The van der Waals surface area contributed by atoms with Crippen molar-refractivity contribution in [2.45, 2.75) is 111 Å². The second-order valence-corrected chi connectivity index (χ2v) is 25.5. The maximum atomic E-state index is 6.18. The van der Waals surface area contributed by atoms with Gasteiger partial charge in [-0.3, -0.25) is 0 Å². The molecule has 10 rings (SSSR count). The predicted molar refractivity (Wildman–Crippen MR) is 329 cm³/mol. The number of benzene rings is 4. The van der Waals surface area contributed by atoms with Gasteiger partial charge in [0.1, 0.15) is 24.7 Å². The molecule has 76 heavy (non-hydrogen) atoms. The average molecular weight is 1100 g/mol. The van der Waals surface area contributed by atoms with Crippen LogP contribution < -0.4 is 9.47 Å². The molecule has 0 unspecified atom stereocenters. The molecular formula is C67H72O4S5. The molecule has 4 nitrogen and oxygen atoms in total. The highest BCUT2D eigenvalue weighted by atomic mass is 32.1. The molecule has 9 heteroatoms. The molecule has 4 aromatic carbocycles. The fraction of sp³-hybridized carbons (Fsp3) is 0.343. The van der Waals surface area contributed by atoms with Gasteiger partial charge in [-0.1, -0.05) is 113 Å². The Morgan fingerprint density at radius 3 is 1.36 bits per heavy atom. The second-order valence-electron chi connectivity index (χ2n) is 19.9. The number of unbranched alkanes of at least 4 members (excludes halogenated alkanes) is 6. The van der Waals surface area contributed by atoms with Gasteiger partial charge in [-0.05, 0) is 182 Å². The molecule has 0 atom stereocenters. The lowest BCUT2D eigenvalue weighted by Gasteiger charge is -2.34. The van der Waals surface area contributed by atoms with E-state index in [4.69, 9.17) is 18.9 Å². The molecule has 0 saturated carbocycles. The molecule has 0 aliphatic heterocycles. The van der Waals surface area contributed by atoms with Gasteiger partial charge in [0.05, 0.1) is 18.6 Å². The maximum Gasteiger partial charge on any atom is 0.119 e. The van der Waals surface area contributed by atoms with E-state index < -0.39 is 5.41 Å². The highest BCUT2D eigenvalue weighted by Crippen LogP contribution is 2.58. The van der Waals surface area contributed by atoms with Gasteiger partial charge in [0, 0.05) is 62.0 Å². The zero-order valence-corrected chi connectivity index (χ0v) is 49.3. The Morgan fingerprint density at radius 1 is 0.395 bits per heavy atom. The van der Waals surface area contributed by atoms with E-state index in [0.29, 0.717) is 39.6 Å². The Bertz CT molecular complexity index is 3250. The smallest absolute Gasteiger partial charge is 0.119 e. The van der Waals surface area contributed by atoms with Crippen LogP contribution in [-0.4, -0.2) is 39.6 Å². The SMILES string of the molecule is CCCCCCc1c(-c2ccc(-c3ccc(C)s3)s2)sc(-c2ccc(-c3ccc(-c4ccc5c(c4)C(c4ccc(OCCOCC)cc4)(c4ccc(OCCOCC)cc4)c4cc(C)ccc4-5)s3)s2)c1CCCCCC. The van der Waals surface area contributed by atoms with Crippen molar-refractivity contribution < 1.29 is 18.9 Å². The van der Waals surface area contributed by atoms with Crippen LogP contribution in [0.3, 0.4) is 0 Å². The zero-order valence-electron chi connectivity index (χ0n) is 45.2. The summed E-state index contributed by atoms with van der Waals surface area (Å²) in [5.74, 6) is 1.67. The Labute approximate surface area is 472 Å². The van der Waals surface area contributed by atoms with Crippen molar-refractivity contribution in [3.05, 3.63) is 177 Å². The molecule has 0 N–H and O–H groups in total. The van der Waals surface area contributed by atoms with Gasteiger partial charge in [0.25, 0.3) is 0 Å². The third-order valence-electron chi connectivity index (χ3n) is 14.7. The summed E-state index contributed by atoms with van der Waals surface area (Å²) in [5, 5.41) is 0. The molecule has 0 saturated heterocycles. The molecule has 0 fully saturated rings. The number of thiophene rings is 5. The van der Waals surface area contributed by atoms with Gasteiger partial charge in [-0.2, -0.15) is 0 Å². The van der Waals surface area contributed by atoms with Crippen LogP contribution in [0.5, 0.6) is 11.5 Å². The summed E-state index contributed by atoms with van der Waals surface area (Å²) in [6.45, 7) is 16.6. The predicted octanol–water partition coefficient (Wildman–Crippen LogP) is 20.4. The summed E-state index contributed by atoms with van der Waals surface area (Å²) < 4.78 is 23.5.